The van der Waals surface area contributed by atoms with Crippen molar-refractivity contribution in [2.75, 3.05) is 13.2 Å². The van der Waals surface area contributed by atoms with Crippen LogP contribution >= 0.6 is 0 Å². The van der Waals surface area contributed by atoms with Crippen molar-refractivity contribution in [3.05, 3.63) is 35.4 Å². The summed E-state index contributed by atoms with van der Waals surface area (Å²) in [5, 5.41) is 8.97. The number of benzene rings is 1. The van der Waals surface area contributed by atoms with Crippen LogP contribution in [0.25, 0.3) is 0 Å². The molecule has 0 aromatic heterocycles. The Bertz CT molecular complexity index is 388. The highest BCUT2D eigenvalue weighted by atomic mass is 16.3. The van der Waals surface area contributed by atoms with Gasteiger partial charge in [0.25, 0.3) is 0 Å². The second-order valence-electron chi connectivity index (χ2n) is 4.83. The molecule has 3 nitrogen and oxygen atoms in total. The minimum atomic E-state index is 0.0221. The average Bonchev–Trinajstić information content (AvgIpc) is 2.34. The van der Waals surface area contributed by atoms with Crippen molar-refractivity contribution in [2.24, 2.45) is 0 Å². The van der Waals surface area contributed by atoms with Gasteiger partial charge in [0.15, 0.2) is 0 Å². The molecule has 1 rings (SSSR count). The van der Waals surface area contributed by atoms with E-state index in [0.29, 0.717) is 13.0 Å². The summed E-state index contributed by atoms with van der Waals surface area (Å²) in [6.45, 7) is 6.45. The summed E-state index contributed by atoms with van der Waals surface area (Å²) in [7, 11) is 0. The Kier molecular flexibility index (Phi) is 5.86. The Morgan fingerprint density at radius 3 is 2.56 bits per heavy atom. The molecule has 0 saturated carbocycles. The van der Waals surface area contributed by atoms with Crippen molar-refractivity contribution >= 4 is 5.91 Å². The van der Waals surface area contributed by atoms with Crippen LogP contribution in [-0.2, 0) is 11.2 Å². The van der Waals surface area contributed by atoms with Crippen molar-refractivity contribution in [3.63, 3.8) is 0 Å². The molecule has 0 aliphatic carbocycles. The highest BCUT2D eigenvalue weighted by molar-refractivity contribution is 5.76. The van der Waals surface area contributed by atoms with E-state index in [4.69, 9.17) is 5.11 Å². The van der Waals surface area contributed by atoms with Gasteiger partial charge in [0.05, 0.1) is 6.61 Å². The fraction of sp³-hybridized carbons (Fsp3) is 0.533. The van der Waals surface area contributed by atoms with E-state index in [1.807, 2.05) is 26.0 Å². The molecule has 0 atom stereocenters. The van der Waals surface area contributed by atoms with Gasteiger partial charge in [-0.15, -0.1) is 0 Å². The van der Waals surface area contributed by atoms with Crippen LogP contribution in [0.15, 0.2) is 24.3 Å². The van der Waals surface area contributed by atoms with Crippen LogP contribution in [-0.4, -0.2) is 35.1 Å². The Balaban J connectivity index is 2.57. The van der Waals surface area contributed by atoms with E-state index in [1.165, 1.54) is 11.1 Å². The predicted octanol–water partition coefficient (Wildman–Crippen LogP) is 2.16. The highest BCUT2D eigenvalue weighted by Gasteiger charge is 2.16. The monoisotopic (exact) mass is 249 g/mol. The van der Waals surface area contributed by atoms with Crippen LogP contribution < -0.4 is 0 Å². The van der Waals surface area contributed by atoms with Crippen molar-refractivity contribution in [2.45, 2.75) is 39.7 Å². The zero-order valence-corrected chi connectivity index (χ0v) is 11.5. The van der Waals surface area contributed by atoms with E-state index in [2.05, 4.69) is 19.1 Å². The topological polar surface area (TPSA) is 40.5 Å². The number of aliphatic hydroxyl groups excluding tert-OH is 1. The molecule has 1 aromatic carbocycles. The van der Waals surface area contributed by atoms with Gasteiger partial charge in [0.1, 0.15) is 0 Å². The average molecular weight is 249 g/mol. The van der Waals surface area contributed by atoms with E-state index < -0.39 is 0 Å². The molecule has 3 heteroatoms. The molecular formula is C15H23NO2. The van der Waals surface area contributed by atoms with E-state index in [-0.39, 0.29) is 18.6 Å². The molecule has 0 radical (unpaired) electrons. The molecule has 100 valence electrons. The summed E-state index contributed by atoms with van der Waals surface area (Å²) in [6.07, 6.45) is 1.27. The predicted molar refractivity (Wildman–Crippen MR) is 73.4 cm³/mol. The Morgan fingerprint density at radius 1 is 1.33 bits per heavy atom. The van der Waals surface area contributed by atoms with Crippen LogP contribution in [0.3, 0.4) is 0 Å². The fourth-order valence-electron chi connectivity index (χ4n) is 2.05. The van der Waals surface area contributed by atoms with Gasteiger partial charge in [-0.3, -0.25) is 4.79 Å². The van der Waals surface area contributed by atoms with Crippen LogP contribution in [0, 0.1) is 6.92 Å². The maximum atomic E-state index is 12.1. The van der Waals surface area contributed by atoms with Gasteiger partial charge in [0, 0.05) is 19.0 Å². The number of amides is 1. The standard InChI is InChI=1S/C15H23NO2/c1-12(2)16(10-11-17)15(18)9-8-14-7-5-4-6-13(14)3/h4-7,12,17H,8-11H2,1-3H3. The number of hydrogen-bond donors (Lipinski definition) is 1. The molecule has 18 heavy (non-hydrogen) atoms. The SMILES string of the molecule is Cc1ccccc1CCC(=O)N(CCO)C(C)C. The van der Waals surface area contributed by atoms with Crippen LogP contribution in [0.1, 0.15) is 31.4 Å². The lowest BCUT2D eigenvalue weighted by molar-refractivity contribution is -0.133. The number of carbonyl (C=O) groups is 1. The second kappa shape index (κ2) is 7.17. The second-order valence-corrected chi connectivity index (χ2v) is 4.83. The Labute approximate surface area is 109 Å². The molecule has 1 aromatic rings. The highest BCUT2D eigenvalue weighted by Crippen LogP contribution is 2.11. The molecule has 0 unspecified atom stereocenters. The van der Waals surface area contributed by atoms with E-state index in [1.54, 1.807) is 4.90 Å². The number of nitrogens with zero attached hydrogens (tertiary/aromatic N) is 1. The zero-order valence-electron chi connectivity index (χ0n) is 11.5. The smallest absolute Gasteiger partial charge is 0.223 e. The Hall–Kier alpha value is -1.35. The minimum absolute atomic E-state index is 0.0221. The summed E-state index contributed by atoms with van der Waals surface area (Å²) >= 11 is 0. The summed E-state index contributed by atoms with van der Waals surface area (Å²) < 4.78 is 0. The number of hydrogen-bond acceptors (Lipinski definition) is 2. The van der Waals surface area contributed by atoms with Gasteiger partial charge in [-0.05, 0) is 38.3 Å². The molecule has 0 saturated heterocycles. The molecular weight excluding hydrogens is 226 g/mol. The third-order valence-corrected chi connectivity index (χ3v) is 3.15. The fourth-order valence-corrected chi connectivity index (χ4v) is 2.05. The van der Waals surface area contributed by atoms with Crippen LogP contribution in [0.5, 0.6) is 0 Å². The van der Waals surface area contributed by atoms with Crippen molar-refractivity contribution < 1.29 is 9.90 Å². The maximum Gasteiger partial charge on any atom is 0.223 e. The van der Waals surface area contributed by atoms with Crippen molar-refractivity contribution in [1.82, 2.24) is 4.90 Å². The molecule has 0 fully saturated rings. The first-order chi connectivity index (χ1) is 8.56. The van der Waals surface area contributed by atoms with Gasteiger partial charge >= 0.3 is 0 Å². The first-order valence-corrected chi connectivity index (χ1v) is 6.51. The largest absolute Gasteiger partial charge is 0.395 e. The first-order valence-electron chi connectivity index (χ1n) is 6.51. The van der Waals surface area contributed by atoms with Gasteiger partial charge in [-0.25, -0.2) is 0 Å². The maximum absolute atomic E-state index is 12.1. The van der Waals surface area contributed by atoms with E-state index in [0.717, 1.165) is 6.42 Å². The zero-order chi connectivity index (χ0) is 13.5. The first kappa shape index (κ1) is 14.7. The quantitative estimate of drug-likeness (QED) is 0.839. The summed E-state index contributed by atoms with van der Waals surface area (Å²) in [5.41, 5.74) is 2.45. The number of aliphatic hydroxyl groups is 1. The van der Waals surface area contributed by atoms with E-state index in [9.17, 15) is 4.79 Å². The van der Waals surface area contributed by atoms with Crippen molar-refractivity contribution in [1.29, 1.82) is 0 Å². The lowest BCUT2D eigenvalue weighted by Crippen LogP contribution is -2.39. The minimum Gasteiger partial charge on any atom is -0.395 e. The van der Waals surface area contributed by atoms with Gasteiger partial charge < -0.3 is 10.0 Å². The molecule has 1 amide bonds. The molecule has 0 spiro atoms. The molecule has 0 bridgehead atoms. The molecule has 0 heterocycles. The summed E-state index contributed by atoms with van der Waals surface area (Å²) in [6, 6.07) is 8.27. The van der Waals surface area contributed by atoms with E-state index >= 15 is 0 Å². The van der Waals surface area contributed by atoms with Crippen LogP contribution in [0.4, 0.5) is 0 Å². The lowest BCUT2D eigenvalue weighted by Gasteiger charge is -2.26. The molecule has 1 N–H and O–H groups in total. The number of carbonyl (C=O) groups excluding carboxylic acids is 1. The normalized spacial score (nSPS) is 10.7. The lowest BCUT2D eigenvalue weighted by atomic mass is 10.0. The third kappa shape index (κ3) is 4.15. The number of rotatable bonds is 6. The molecule has 0 aliphatic heterocycles. The van der Waals surface area contributed by atoms with Gasteiger partial charge in [0.2, 0.25) is 5.91 Å². The number of aryl methyl sites for hydroxylation is 2. The summed E-state index contributed by atoms with van der Waals surface area (Å²) in [5.74, 6) is 0.113. The van der Waals surface area contributed by atoms with Crippen molar-refractivity contribution in [3.8, 4) is 0 Å². The van der Waals surface area contributed by atoms with Gasteiger partial charge in [-0.2, -0.15) is 0 Å². The Morgan fingerprint density at radius 2 is 2.00 bits per heavy atom. The molecule has 0 aliphatic rings. The van der Waals surface area contributed by atoms with Gasteiger partial charge in [-0.1, -0.05) is 24.3 Å². The van der Waals surface area contributed by atoms with Crippen LogP contribution in [0.2, 0.25) is 0 Å². The third-order valence-electron chi connectivity index (χ3n) is 3.15. The summed E-state index contributed by atoms with van der Waals surface area (Å²) in [4.78, 5) is 13.8.